The standard InChI is InChI=1S/C24H27N3O3/c1-3-17-11-5-7-13-20(17)27-22(28)18-12-6-8-14-21(18)26(24(27)30)19(4-2)23(29)25-15-9-10-16-25/h5-8,11-14,19H,3-4,9-10,15-16H2,1-2H3/t19-/m1/s1. The van der Waals surface area contributed by atoms with Gasteiger partial charge in [-0.3, -0.25) is 14.2 Å². The van der Waals surface area contributed by atoms with E-state index < -0.39 is 11.7 Å². The topological polar surface area (TPSA) is 64.3 Å². The number of nitrogens with zero attached hydrogens (tertiary/aromatic N) is 3. The van der Waals surface area contributed by atoms with Gasteiger partial charge >= 0.3 is 5.69 Å². The molecule has 1 aliphatic rings. The van der Waals surface area contributed by atoms with Crippen molar-refractivity contribution in [2.24, 2.45) is 0 Å². The number of rotatable bonds is 5. The molecule has 1 aromatic heterocycles. The van der Waals surface area contributed by atoms with E-state index in [1.54, 1.807) is 30.3 Å². The average molecular weight is 405 g/mol. The zero-order valence-electron chi connectivity index (χ0n) is 17.5. The molecule has 1 fully saturated rings. The summed E-state index contributed by atoms with van der Waals surface area (Å²) in [6, 6.07) is 13.9. The fourth-order valence-electron chi connectivity index (χ4n) is 4.44. The summed E-state index contributed by atoms with van der Waals surface area (Å²) >= 11 is 0. The Morgan fingerprint density at radius 3 is 2.33 bits per heavy atom. The molecule has 1 saturated heterocycles. The van der Waals surface area contributed by atoms with Crippen molar-refractivity contribution in [3.8, 4) is 5.69 Å². The number of benzene rings is 2. The van der Waals surface area contributed by atoms with Crippen LogP contribution in [0.5, 0.6) is 0 Å². The van der Waals surface area contributed by atoms with Gasteiger partial charge in [0.2, 0.25) is 5.91 Å². The smallest absolute Gasteiger partial charge is 0.336 e. The fraction of sp³-hybridized carbons (Fsp3) is 0.375. The zero-order chi connectivity index (χ0) is 21.3. The molecule has 3 aromatic rings. The maximum atomic E-state index is 13.7. The lowest BCUT2D eigenvalue weighted by Gasteiger charge is -2.26. The van der Waals surface area contributed by atoms with Crippen molar-refractivity contribution >= 4 is 16.8 Å². The number of fused-ring (bicyclic) bond motifs is 1. The minimum Gasteiger partial charge on any atom is -0.341 e. The third-order valence-electron chi connectivity index (χ3n) is 6.01. The average Bonchev–Trinajstić information content (AvgIpc) is 3.31. The van der Waals surface area contributed by atoms with Crippen LogP contribution in [0.25, 0.3) is 16.6 Å². The summed E-state index contributed by atoms with van der Waals surface area (Å²) in [5.74, 6) is -0.0452. The Bertz CT molecular complexity index is 1200. The van der Waals surface area contributed by atoms with Crippen molar-refractivity contribution in [1.82, 2.24) is 14.0 Å². The van der Waals surface area contributed by atoms with Crippen LogP contribution < -0.4 is 11.2 Å². The summed E-state index contributed by atoms with van der Waals surface area (Å²) in [4.78, 5) is 42.3. The van der Waals surface area contributed by atoms with Crippen LogP contribution in [-0.4, -0.2) is 33.0 Å². The van der Waals surface area contributed by atoms with Gasteiger partial charge in [0.15, 0.2) is 0 Å². The molecule has 0 saturated carbocycles. The zero-order valence-corrected chi connectivity index (χ0v) is 17.5. The molecule has 1 amide bonds. The number of aromatic nitrogens is 2. The van der Waals surface area contributed by atoms with Gasteiger partial charge in [0.25, 0.3) is 5.56 Å². The van der Waals surface area contributed by atoms with E-state index in [2.05, 4.69) is 0 Å². The Kier molecular flexibility index (Phi) is 5.57. The van der Waals surface area contributed by atoms with Crippen LogP contribution in [0.3, 0.4) is 0 Å². The molecular weight excluding hydrogens is 378 g/mol. The van der Waals surface area contributed by atoms with Gasteiger partial charge < -0.3 is 4.90 Å². The number of para-hydroxylation sites is 2. The molecule has 0 unspecified atom stereocenters. The lowest BCUT2D eigenvalue weighted by molar-refractivity contribution is -0.133. The summed E-state index contributed by atoms with van der Waals surface area (Å²) in [5, 5.41) is 0.440. The fourth-order valence-corrected chi connectivity index (χ4v) is 4.44. The number of hydrogen-bond acceptors (Lipinski definition) is 3. The van der Waals surface area contributed by atoms with Crippen LogP contribution in [0.2, 0.25) is 0 Å². The van der Waals surface area contributed by atoms with E-state index in [-0.39, 0.29) is 11.5 Å². The van der Waals surface area contributed by atoms with Gasteiger partial charge in [-0.1, -0.05) is 44.2 Å². The molecular formula is C24H27N3O3. The van der Waals surface area contributed by atoms with Gasteiger partial charge in [-0.2, -0.15) is 0 Å². The first-order chi connectivity index (χ1) is 14.6. The second-order valence-corrected chi connectivity index (χ2v) is 7.75. The summed E-state index contributed by atoms with van der Waals surface area (Å²) in [6.07, 6.45) is 3.15. The number of carbonyl (C=O) groups is 1. The van der Waals surface area contributed by atoms with Crippen LogP contribution in [0.4, 0.5) is 0 Å². The molecule has 6 nitrogen and oxygen atoms in total. The Morgan fingerprint density at radius 1 is 0.967 bits per heavy atom. The van der Waals surface area contributed by atoms with Crippen LogP contribution in [-0.2, 0) is 11.2 Å². The van der Waals surface area contributed by atoms with E-state index in [4.69, 9.17) is 0 Å². The number of amides is 1. The molecule has 6 heteroatoms. The SMILES string of the molecule is CCc1ccccc1-n1c(=O)c2ccccc2n([C@H](CC)C(=O)N2CCCC2)c1=O. The lowest BCUT2D eigenvalue weighted by Crippen LogP contribution is -2.45. The molecule has 0 spiro atoms. The van der Waals surface area contributed by atoms with E-state index in [0.717, 1.165) is 31.5 Å². The lowest BCUT2D eigenvalue weighted by atomic mass is 10.1. The first-order valence-electron chi connectivity index (χ1n) is 10.7. The highest BCUT2D eigenvalue weighted by Crippen LogP contribution is 2.22. The van der Waals surface area contributed by atoms with Crippen molar-refractivity contribution in [2.75, 3.05) is 13.1 Å². The number of hydrogen-bond donors (Lipinski definition) is 0. The number of likely N-dealkylation sites (tertiary alicyclic amines) is 1. The van der Waals surface area contributed by atoms with Crippen molar-refractivity contribution in [1.29, 1.82) is 0 Å². The largest absolute Gasteiger partial charge is 0.341 e. The first kappa shape index (κ1) is 20.1. The molecule has 1 atom stereocenters. The molecule has 0 aliphatic carbocycles. The van der Waals surface area contributed by atoms with Crippen molar-refractivity contribution < 1.29 is 4.79 Å². The molecule has 0 bridgehead atoms. The second-order valence-electron chi connectivity index (χ2n) is 7.75. The molecule has 0 radical (unpaired) electrons. The van der Waals surface area contributed by atoms with E-state index in [1.165, 1.54) is 9.13 Å². The summed E-state index contributed by atoms with van der Waals surface area (Å²) in [6.45, 7) is 5.35. The monoisotopic (exact) mass is 405 g/mol. The van der Waals surface area contributed by atoms with Gasteiger partial charge in [0.05, 0.1) is 16.6 Å². The van der Waals surface area contributed by atoms with E-state index in [9.17, 15) is 14.4 Å². The maximum Gasteiger partial charge on any atom is 0.336 e. The Labute approximate surface area is 175 Å². The van der Waals surface area contributed by atoms with Crippen LogP contribution in [0.1, 0.15) is 44.7 Å². The normalized spacial score (nSPS) is 14.9. The third-order valence-corrected chi connectivity index (χ3v) is 6.01. The first-order valence-corrected chi connectivity index (χ1v) is 10.7. The van der Waals surface area contributed by atoms with Crippen molar-refractivity contribution in [2.45, 2.75) is 45.6 Å². The highest BCUT2D eigenvalue weighted by Gasteiger charge is 2.30. The van der Waals surface area contributed by atoms with Gasteiger partial charge in [-0.25, -0.2) is 9.36 Å². The van der Waals surface area contributed by atoms with Crippen molar-refractivity contribution in [3.05, 3.63) is 74.9 Å². The third kappa shape index (κ3) is 3.26. The molecule has 2 heterocycles. The van der Waals surface area contributed by atoms with E-state index in [1.807, 2.05) is 36.9 Å². The molecule has 30 heavy (non-hydrogen) atoms. The van der Waals surface area contributed by atoms with Crippen molar-refractivity contribution in [3.63, 3.8) is 0 Å². The summed E-state index contributed by atoms with van der Waals surface area (Å²) in [5.41, 5.74) is 1.20. The Hall–Kier alpha value is -3.15. The maximum absolute atomic E-state index is 13.7. The van der Waals surface area contributed by atoms with E-state index in [0.29, 0.717) is 29.4 Å². The van der Waals surface area contributed by atoms with Gasteiger partial charge in [0.1, 0.15) is 6.04 Å². The number of aryl methyl sites for hydroxylation is 1. The minimum absolute atomic E-state index is 0.0452. The van der Waals surface area contributed by atoms with Crippen LogP contribution >= 0.6 is 0 Å². The van der Waals surface area contributed by atoms with Gasteiger partial charge in [-0.15, -0.1) is 0 Å². The van der Waals surface area contributed by atoms with Crippen LogP contribution in [0.15, 0.2) is 58.1 Å². The predicted molar refractivity (Wildman–Crippen MR) is 118 cm³/mol. The summed E-state index contributed by atoms with van der Waals surface area (Å²) < 4.78 is 2.77. The Balaban J connectivity index is 2.03. The minimum atomic E-state index is -0.638. The Morgan fingerprint density at radius 2 is 1.63 bits per heavy atom. The van der Waals surface area contributed by atoms with Gasteiger partial charge in [-0.05, 0) is 49.4 Å². The second kappa shape index (κ2) is 8.30. The highest BCUT2D eigenvalue weighted by molar-refractivity contribution is 5.85. The molecule has 0 N–H and O–H groups in total. The molecule has 156 valence electrons. The van der Waals surface area contributed by atoms with Crippen LogP contribution in [0, 0.1) is 0 Å². The highest BCUT2D eigenvalue weighted by atomic mass is 16.2. The molecule has 1 aliphatic heterocycles. The molecule has 4 rings (SSSR count). The van der Waals surface area contributed by atoms with Gasteiger partial charge in [0, 0.05) is 13.1 Å². The predicted octanol–water partition coefficient (Wildman–Crippen LogP) is 3.29. The molecule has 2 aromatic carbocycles. The number of carbonyl (C=O) groups excluding carboxylic acids is 1. The summed E-state index contributed by atoms with van der Waals surface area (Å²) in [7, 11) is 0. The quantitative estimate of drug-likeness (QED) is 0.654. The van der Waals surface area contributed by atoms with E-state index >= 15 is 0 Å².